The Hall–Kier alpha value is -4.01. The molecule has 0 saturated carbocycles. The van der Waals surface area contributed by atoms with Crippen LogP contribution < -0.4 is 10.2 Å². The first-order valence-corrected chi connectivity index (χ1v) is 12.4. The van der Waals surface area contributed by atoms with Gasteiger partial charge in [-0.3, -0.25) is 4.79 Å². The second kappa shape index (κ2) is 10.9. The minimum Gasteiger partial charge on any atom is -0.489 e. The number of nitrogens with one attached hydrogen (secondary N) is 1. The van der Waals surface area contributed by atoms with E-state index in [1.54, 1.807) is 12.1 Å². The van der Waals surface area contributed by atoms with Crippen molar-refractivity contribution in [2.45, 2.75) is 11.5 Å². The van der Waals surface area contributed by atoms with Crippen LogP contribution in [0.2, 0.25) is 0 Å². The lowest BCUT2D eigenvalue weighted by molar-refractivity contribution is -0.121. The number of ether oxygens (including phenoxy) is 1. The van der Waals surface area contributed by atoms with E-state index < -0.39 is 15.9 Å². The van der Waals surface area contributed by atoms with E-state index in [9.17, 15) is 13.2 Å². The normalized spacial score (nSPS) is 11.7. The van der Waals surface area contributed by atoms with Gasteiger partial charge in [0.1, 0.15) is 12.4 Å². The maximum absolute atomic E-state index is 12.9. The van der Waals surface area contributed by atoms with Crippen molar-refractivity contribution in [1.82, 2.24) is 9.73 Å². The molecule has 0 spiro atoms. The minimum atomic E-state index is -3.83. The molecule has 0 fully saturated rings. The van der Waals surface area contributed by atoms with Crippen LogP contribution in [0.25, 0.3) is 10.8 Å². The molecule has 178 valence electrons. The molecule has 8 heteroatoms. The van der Waals surface area contributed by atoms with Gasteiger partial charge in [0, 0.05) is 7.05 Å². The van der Waals surface area contributed by atoms with E-state index in [1.807, 2.05) is 78.9 Å². The number of amides is 1. The number of likely N-dealkylation sites (N-methyl/N-ethyl adjacent to an activating group) is 1. The van der Waals surface area contributed by atoms with Gasteiger partial charge in [-0.2, -0.15) is 9.41 Å². The number of rotatable bonds is 9. The lowest BCUT2D eigenvalue weighted by Gasteiger charge is -2.16. The van der Waals surface area contributed by atoms with E-state index in [0.717, 1.165) is 32.0 Å². The fourth-order valence-electron chi connectivity index (χ4n) is 3.40. The predicted molar refractivity (Wildman–Crippen MR) is 137 cm³/mol. The fourth-order valence-corrected chi connectivity index (χ4v) is 4.56. The van der Waals surface area contributed by atoms with Gasteiger partial charge in [-0.25, -0.2) is 13.8 Å². The van der Waals surface area contributed by atoms with E-state index in [-0.39, 0.29) is 11.4 Å². The van der Waals surface area contributed by atoms with Crippen LogP contribution in [-0.2, 0) is 21.4 Å². The fraction of sp³-hybridized carbons (Fsp3) is 0.111. The Balaban J connectivity index is 1.29. The summed E-state index contributed by atoms with van der Waals surface area (Å²) in [5.74, 6) is 0.173. The Bertz CT molecular complexity index is 1440. The SMILES string of the molecule is CN(CC(=O)N/N=C/c1ccc(OCc2ccccc2)cc1)S(=O)(=O)c1ccc2ccccc2c1. The van der Waals surface area contributed by atoms with Gasteiger partial charge in [0.25, 0.3) is 5.91 Å². The van der Waals surface area contributed by atoms with Crippen molar-refractivity contribution in [1.29, 1.82) is 0 Å². The van der Waals surface area contributed by atoms with Crippen LogP contribution in [0, 0.1) is 0 Å². The van der Waals surface area contributed by atoms with Crippen LogP contribution in [0.5, 0.6) is 5.75 Å². The van der Waals surface area contributed by atoms with Gasteiger partial charge in [-0.1, -0.05) is 60.7 Å². The number of sulfonamides is 1. The van der Waals surface area contributed by atoms with Crippen LogP contribution >= 0.6 is 0 Å². The third kappa shape index (κ3) is 6.32. The molecule has 0 aromatic heterocycles. The van der Waals surface area contributed by atoms with Crippen LogP contribution in [0.1, 0.15) is 11.1 Å². The Labute approximate surface area is 204 Å². The van der Waals surface area contributed by atoms with Crippen LogP contribution in [0.3, 0.4) is 0 Å². The second-order valence-corrected chi connectivity index (χ2v) is 9.95. The number of hydrogen-bond donors (Lipinski definition) is 1. The zero-order valence-electron chi connectivity index (χ0n) is 19.2. The number of hydrazone groups is 1. The number of nitrogens with zero attached hydrogens (tertiary/aromatic N) is 2. The summed E-state index contributed by atoms with van der Waals surface area (Å²) < 4.78 is 32.5. The standard InChI is InChI=1S/C27H25N3O4S/c1-30(35(32,33)26-16-13-23-9-5-6-10-24(23)17-26)19-27(31)29-28-18-21-11-14-25(15-12-21)34-20-22-7-3-2-4-8-22/h2-18H,19-20H2,1H3,(H,29,31)/b28-18+. The monoisotopic (exact) mass is 487 g/mol. The van der Waals surface area contributed by atoms with E-state index in [0.29, 0.717) is 6.61 Å². The topological polar surface area (TPSA) is 88.1 Å². The number of carbonyl (C=O) groups is 1. The average molecular weight is 488 g/mol. The first kappa shape index (κ1) is 24.1. The van der Waals surface area contributed by atoms with Gasteiger partial charge in [-0.05, 0) is 58.3 Å². The van der Waals surface area contributed by atoms with Crippen molar-refractivity contribution >= 4 is 32.9 Å². The van der Waals surface area contributed by atoms with Crippen molar-refractivity contribution < 1.29 is 17.9 Å². The van der Waals surface area contributed by atoms with E-state index in [4.69, 9.17) is 4.74 Å². The number of hydrogen-bond acceptors (Lipinski definition) is 5. The summed E-state index contributed by atoms with van der Waals surface area (Å²) in [6.07, 6.45) is 1.48. The number of carbonyl (C=O) groups excluding carboxylic acids is 1. The maximum atomic E-state index is 12.9. The summed E-state index contributed by atoms with van der Waals surface area (Å²) in [5.41, 5.74) is 4.21. The molecule has 7 nitrogen and oxygen atoms in total. The van der Waals surface area contributed by atoms with Gasteiger partial charge in [0.2, 0.25) is 10.0 Å². The highest BCUT2D eigenvalue weighted by molar-refractivity contribution is 7.89. The molecule has 4 aromatic carbocycles. The molecule has 0 heterocycles. The molecule has 4 rings (SSSR count). The molecule has 0 atom stereocenters. The first-order valence-electron chi connectivity index (χ1n) is 11.0. The van der Waals surface area contributed by atoms with Crippen LogP contribution in [0.15, 0.2) is 107 Å². The second-order valence-electron chi connectivity index (χ2n) is 7.91. The van der Waals surface area contributed by atoms with Crippen LogP contribution in [-0.4, -0.2) is 38.4 Å². The van der Waals surface area contributed by atoms with E-state index in [2.05, 4.69) is 10.5 Å². The molecule has 0 radical (unpaired) electrons. The number of fused-ring (bicyclic) bond motifs is 1. The summed E-state index contributed by atoms with van der Waals surface area (Å²) >= 11 is 0. The largest absolute Gasteiger partial charge is 0.489 e. The molecule has 35 heavy (non-hydrogen) atoms. The summed E-state index contributed by atoms with van der Waals surface area (Å²) in [4.78, 5) is 12.4. The summed E-state index contributed by atoms with van der Waals surface area (Å²) in [6, 6.07) is 29.5. The molecule has 0 aliphatic carbocycles. The zero-order chi connectivity index (χ0) is 24.7. The predicted octanol–water partition coefficient (Wildman–Crippen LogP) is 4.19. The molecule has 1 N–H and O–H groups in total. The molecular weight excluding hydrogens is 462 g/mol. The lowest BCUT2D eigenvalue weighted by atomic mass is 10.1. The quantitative estimate of drug-likeness (QED) is 0.283. The van der Waals surface area contributed by atoms with E-state index in [1.165, 1.54) is 19.3 Å². The smallest absolute Gasteiger partial charge is 0.255 e. The minimum absolute atomic E-state index is 0.129. The zero-order valence-corrected chi connectivity index (χ0v) is 20.0. The lowest BCUT2D eigenvalue weighted by Crippen LogP contribution is -2.36. The Morgan fingerprint density at radius 2 is 1.60 bits per heavy atom. The Morgan fingerprint density at radius 3 is 2.34 bits per heavy atom. The maximum Gasteiger partial charge on any atom is 0.255 e. The molecule has 0 aliphatic rings. The van der Waals surface area contributed by atoms with Crippen LogP contribution in [0.4, 0.5) is 0 Å². The third-order valence-electron chi connectivity index (χ3n) is 5.33. The average Bonchev–Trinajstić information content (AvgIpc) is 2.88. The van der Waals surface area contributed by atoms with Gasteiger partial charge in [-0.15, -0.1) is 0 Å². The number of benzene rings is 4. The highest BCUT2D eigenvalue weighted by atomic mass is 32.2. The van der Waals surface area contributed by atoms with Gasteiger partial charge >= 0.3 is 0 Å². The summed E-state index contributed by atoms with van der Waals surface area (Å²) in [7, 11) is -2.46. The molecule has 0 unspecified atom stereocenters. The summed E-state index contributed by atoms with van der Waals surface area (Å²) in [6.45, 7) is 0.110. The van der Waals surface area contributed by atoms with Crippen molar-refractivity contribution in [2.24, 2.45) is 5.10 Å². The third-order valence-corrected chi connectivity index (χ3v) is 7.13. The van der Waals surface area contributed by atoms with Crippen molar-refractivity contribution in [3.63, 3.8) is 0 Å². The molecule has 4 aromatic rings. The van der Waals surface area contributed by atoms with Crippen molar-refractivity contribution in [3.05, 3.63) is 108 Å². The summed E-state index contributed by atoms with van der Waals surface area (Å²) in [5, 5.41) is 5.68. The highest BCUT2D eigenvalue weighted by Gasteiger charge is 2.23. The van der Waals surface area contributed by atoms with Gasteiger partial charge in [0.05, 0.1) is 17.7 Å². The Kier molecular flexibility index (Phi) is 7.54. The first-order chi connectivity index (χ1) is 16.9. The molecule has 0 aliphatic heterocycles. The molecule has 0 saturated heterocycles. The van der Waals surface area contributed by atoms with E-state index >= 15 is 0 Å². The van der Waals surface area contributed by atoms with Crippen molar-refractivity contribution in [3.8, 4) is 5.75 Å². The molecule has 1 amide bonds. The van der Waals surface area contributed by atoms with Crippen molar-refractivity contribution in [2.75, 3.05) is 13.6 Å². The molecular formula is C27H25N3O4S. The van der Waals surface area contributed by atoms with Gasteiger partial charge < -0.3 is 4.74 Å². The van der Waals surface area contributed by atoms with Gasteiger partial charge in [0.15, 0.2) is 0 Å². The highest BCUT2D eigenvalue weighted by Crippen LogP contribution is 2.21. The Morgan fingerprint density at radius 1 is 0.914 bits per heavy atom. The molecule has 0 bridgehead atoms.